The highest BCUT2D eigenvalue weighted by Gasteiger charge is 1.89. The van der Waals surface area contributed by atoms with Crippen LogP contribution in [-0.4, -0.2) is 0 Å². The van der Waals surface area contributed by atoms with Crippen LogP contribution in [0.2, 0.25) is 0 Å². The molecule has 0 amide bonds. The fraction of sp³-hybridized carbons (Fsp3) is 0.882. The first kappa shape index (κ1) is 16.7. The molecule has 0 fully saturated rings. The van der Waals surface area contributed by atoms with Crippen LogP contribution >= 0.6 is 0 Å². The molecule has 0 aliphatic carbocycles. The van der Waals surface area contributed by atoms with E-state index in [9.17, 15) is 0 Å². The molecule has 0 saturated heterocycles. The van der Waals surface area contributed by atoms with Crippen LogP contribution in [-0.2, 0) is 0 Å². The van der Waals surface area contributed by atoms with Gasteiger partial charge in [-0.3, -0.25) is 0 Å². The van der Waals surface area contributed by atoms with E-state index in [1.807, 2.05) is 0 Å². The molecule has 0 aliphatic heterocycles. The summed E-state index contributed by atoms with van der Waals surface area (Å²) in [5, 5.41) is 0. The standard InChI is InChI=1S/C17H34/c1-3-5-7-9-11-13-15-17-16-14-12-10-8-6-4-2/h15,17H,3-14,16H2,1-2H3/b17-15+. The van der Waals surface area contributed by atoms with Gasteiger partial charge in [0.15, 0.2) is 0 Å². The van der Waals surface area contributed by atoms with E-state index in [-0.39, 0.29) is 0 Å². The Morgan fingerprint density at radius 3 is 1.24 bits per heavy atom. The summed E-state index contributed by atoms with van der Waals surface area (Å²) in [5.41, 5.74) is 0. The molecule has 0 aromatic carbocycles. The maximum absolute atomic E-state index is 2.40. The van der Waals surface area contributed by atoms with Crippen molar-refractivity contribution in [2.24, 2.45) is 0 Å². The van der Waals surface area contributed by atoms with Gasteiger partial charge in [0.2, 0.25) is 0 Å². The summed E-state index contributed by atoms with van der Waals surface area (Å²) in [6.45, 7) is 4.56. The Labute approximate surface area is 110 Å². The predicted octanol–water partition coefficient (Wildman–Crippen LogP) is 6.65. The zero-order chi connectivity index (χ0) is 12.6. The van der Waals surface area contributed by atoms with Crippen LogP contribution in [0.15, 0.2) is 12.2 Å². The van der Waals surface area contributed by atoms with E-state index in [1.165, 1.54) is 83.5 Å². The summed E-state index contributed by atoms with van der Waals surface area (Å²) in [7, 11) is 0. The van der Waals surface area contributed by atoms with E-state index in [0.29, 0.717) is 0 Å². The fourth-order valence-corrected chi connectivity index (χ4v) is 2.14. The minimum atomic E-state index is 1.31. The highest BCUT2D eigenvalue weighted by atomic mass is 13.9. The lowest BCUT2D eigenvalue weighted by Crippen LogP contribution is -1.78. The van der Waals surface area contributed by atoms with Crippen LogP contribution in [0, 0.1) is 0 Å². The predicted molar refractivity (Wildman–Crippen MR) is 80.5 cm³/mol. The van der Waals surface area contributed by atoms with Gasteiger partial charge in [0.05, 0.1) is 0 Å². The topological polar surface area (TPSA) is 0 Å². The first-order valence-electron chi connectivity index (χ1n) is 8.06. The van der Waals surface area contributed by atoms with Gasteiger partial charge in [-0.15, -0.1) is 0 Å². The van der Waals surface area contributed by atoms with E-state index in [2.05, 4.69) is 26.0 Å². The van der Waals surface area contributed by atoms with Crippen molar-refractivity contribution in [1.29, 1.82) is 0 Å². The van der Waals surface area contributed by atoms with Crippen LogP contribution in [0.25, 0.3) is 0 Å². The quantitative estimate of drug-likeness (QED) is 0.249. The molecule has 0 saturated carbocycles. The highest BCUT2D eigenvalue weighted by molar-refractivity contribution is 4.81. The van der Waals surface area contributed by atoms with Crippen LogP contribution in [0.4, 0.5) is 0 Å². The Hall–Kier alpha value is -0.260. The summed E-state index contributed by atoms with van der Waals surface area (Å²) in [6, 6.07) is 0. The molecule has 0 bridgehead atoms. The first-order valence-corrected chi connectivity index (χ1v) is 8.06. The van der Waals surface area contributed by atoms with E-state index in [1.54, 1.807) is 0 Å². The van der Waals surface area contributed by atoms with E-state index >= 15 is 0 Å². The third-order valence-electron chi connectivity index (χ3n) is 3.37. The number of unbranched alkanes of at least 4 members (excludes halogenated alkanes) is 11. The van der Waals surface area contributed by atoms with Gasteiger partial charge < -0.3 is 0 Å². The van der Waals surface area contributed by atoms with Crippen molar-refractivity contribution in [3.8, 4) is 0 Å². The Bertz CT molecular complexity index is 146. The van der Waals surface area contributed by atoms with Crippen LogP contribution in [0.3, 0.4) is 0 Å². The van der Waals surface area contributed by atoms with Gasteiger partial charge in [-0.25, -0.2) is 0 Å². The minimum absolute atomic E-state index is 1.31. The molecule has 0 atom stereocenters. The highest BCUT2D eigenvalue weighted by Crippen LogP contribution is 2.08. The summed E-state index contributed by atoms with van der Waals surface area (Å²) in [4.78, 5) is 0. The third kappa shape index (κ3) is 15.7. The molecule has 0 rings (SSSR count). The van der Waals surface area contributed by atoms with Crippen molar-refractivity contribution < 1.29 is 0 Å². The molecular formula is C17H34. The molecule has 0 nitrogen and oxygen atoms in total. The molecule has 0 heterocycles. The van der Waals surface area contributed by atoms with Crippen molar-refractivity contribution in [2.75, 3.05) is 0 Å². The maximum Gasteiger partial charge on any atom is -0.0351 e. The smallest absolute Gasteiger partial charge is 0.0351 e. The van der Waals surface area contributed by atoms with Crippen molar-refractivity contribution in [3.63, 3.8) is 0 Å². The maximum atomic E-state index is 2.40. The molecule has 0 heteroatoms. The summed E-state index contributed by atoms with van der Waals surface area (Å²) in [6.07, 6.45) is 22.9. The van der Waals surface area contributed by atoms with Crippen molar-refractivity contribution in [1.82, 2.24) is 0 Å². The molecule has 17 heavy (non-hydrogen) atoms. The molecule has 0 aromatic heterocycles. The Balaban J connectivity index is 2.99. The van der Waals surface area contributed by atoms with E-state index in [4.69, 9.17) is 0 Å². The van der Waals surface area contributed by atoms with Crippen LogP contribution in [0.1, 0.15) is 97.3 Å². The van der Waals surface area contributed by atoms with Gasteiger partial charge in [-0.1, -0.05) is 83.8 Å². The average Bonchev–Trinajstić information content (AvgIpc) is 2.35. The van der Waals surface area contributed by atoms with Gasteiger partial charge in [0.1, 0.15) is 0 Å². The molecule has 0 radical (unpaired) electrons. The van der Waals surface area contributed by atoms with Gasteiger partial charge >= 0.3 is 0 Å². The normalized spacial score (nSPS) is 11.4. The Morgan fingerprint density at radius 1 is 0.471 bits per heavy atom. The Morgan fingerprint density at radius 2 is 0.824 bits per heavy atom. The molecule has 0 spiro atoms. The fourth-order valence-electron chi connectivity index (χ4n) is 2.14. The van der Waals surface area contributed by atoms with Crippen molar-refractivity contribution >= 4 is 0 Å². The zero-order valence-corrected chi connectivity index (χ0v) is 12.3. The number of hydrogen-bond donors (Lipinski definition) is 0. The van der Waals surface area contributed by atoms with Gasteiger partial charge in [0.25, 0.3) is 0 Å². The molecular weight excluding hydrogens is 204 g/mol. The second-order valence-electron chi connectivity index (χ2n) is 5.23. The van der Waals surface area contributed by atoms with Gasteiger partial charge in [0, 0.05) is 0 Å². The second-order valence-corrected chi connectivity index (χ2v) is 5.23. The third-order valence-corrected chi connectivity index (χ3v) is 3.37. The molecule has 0 N–H and O–H groups in total. The largest absolute Gasteiger partial charge is 0.0885 e. The van der Waals surface area contributed by atoms with Crippen molar-refractivity contribution in [3.05, 3.63) is 12.2 Å². The summed E-state index contributed by atoms with van der Waals surface area (Å²) in [5.74, 6) is 0. The number of allylic oxidation sites excluding steroid dienone is 2. The van der Waals surface area contributed by atoms with Gasteiger partial charge in [-0.05, 0) is 25.7 Å². The summed E-state index contributed by atoms with van der Waals surface area (Å²) >= 11 is 0. The average molecular weight is 238 g/mol. The summed E-state index contributed by atoms with van der Waals surface area (Å²) < 4.78 is 0. The van der Waals surface area contributed by atoms with Crippen molar-refractivity contribution in [2.45, 2.75) is 97.3 Å². The minimum Gasteiger partial charge on any atom is -0.0885 e. The first-order chi connectivity index (χ1) is 8.41. The monoisotopic (exact) mass is 238 g/mol. The van der Waals surface area contributed by atoms with Crippen LogP contribution in [0.5, 0.6) is 0 Å². The molecule has 102 valence electrons. The van der Waals surface area contributed by atoms with Gasteiger partial charge in [-0.2, -0.15) is 0 Å². The lowest BCUT2D eigenvalue weighted by Gasteiger charge is -1.98. The second kappa shape index (κ2) is 15.7. The molecule has 0 aliphatic rings. The number of hydrogen-bond acceptors (Lipinski definition) is 0. The zero-order valence-electron chi connectivity index (χ0n) is 12.3. The Kier molecular flexibility index (Phi) is 15.5. The van der Waals surface area contributed by atoms with E-state index in [0.717, 1.165) is 0 Å². The lowest BCUT2D eigenvalue weighted by molar-refractivity contribution is 0.610. The lowest BCUT2D eigenvalue weighted by atomic mass is 10.1. The molecule has 0 unspecified atom stereocenters. The van der Waals surface area contributed by atoms with Crippen LogP contribution < -0.4 is 0 Å². The van der Waals surface area contributed by atoms with E-state index < -0.39 is 0 Å². The molecule has 0 aromatic rings. The SMILES string of the molecule is CCCCCCC/C=C/CCCCCCCC. The number of rotatable bonds is 13.